The fourth-order valence-corrected chi connectivity index (χ4v) is 0. The smallest absolute Gasteiger partial charge is 1.00 e. The van der Waals surface area contributed by atoms with Gasteiger partial charge < -0.3 is 11.6 Å². The molecule has 0 saturated heterocycles. The number of aliphatic carboxylic acids is 2. The number of carboxylic acids is 2. The number of carbonyl (C=O) groups is 2. The van der Waals surface area contributed by atoms with Gasteiger partial charge in [-0.05, 0) is 0 Å². The zero-order chi connectivity index (χ0) is 5.15. The van der Waals surface area contributed by atoms with Crippen molar-refractivity contribution in [1.82, 2.24) is 0 Å². The summed E-state index contributed by atoms with van der Waals surface area (Å²) in [5.41, 5.74) is 0. The van der Waals surface area contributed by atoms with Crippen molar-refractivity contribution in [3.8, 4) is 0 Å². The second kappa shape index (κ2) is 16.6. The molecule has 62 valence electrons. The Kier molecular flexibility index (Phi) is 50.5. The summed E-state index contributed by atoms with van der Waals surface area (Å²) in [5, 5.41) is 14.8. The van der Waals surface area contributed by atoms with Crippen LogP contribution in [-0.4, -0.2) is 22.2 Å². The molecule has 8 heteroatoms. The summed E-state index contributed by atoms with van der Waals surface area (Å²) in [5.74, 6) is -3.65. The Morgan fingerprint density at radius 2 is 1.20 bits per heavy atom. The van der Waals surface area contributed by atoms with Crippen LogP contribution in [-0.2, 0) is 59.9 Å². The van der Waals surface area contributed by atoms with Gasteiger partial charge in [-0.15, -0.1) is 0 Å². The summed E-state index contributed by atoms with van der Waals surface area (Å²) in [7, 11) is 0. The maximum absolute atomic E-state index is 9.10. The molecule has 0 aromatic carbocycles. The standard InChI is InChI=1S/C2H2O4.Co.Li.Mn.Ni.H/c3-1(4)2(5)6;;;;;/h(H,3,4)(H,5,6);;;;;/q;;+1;;;-1. The van der Waals surface area contributed by atoms with Crippen molar-refractivity contribution in [3.05, 3.63) is 0 Å². The topological polar surface area (TPSA) is 74.6 Å². The minimum Gasteiger partial charge on any atom is -1.00 e. The Bertz CT molecular complexity index is 94.1. The van der Waals surface area contributed by atoms with Crippen LogP contribution in [0.5, 0.6) is 0 Å². The van der Waals surface area contributed by atoms with Gasteiger partial charge >= 0.3 is 30.8 Å². The van der Waals surface area contributed by atoms with E-state index in [-0.39, 0.29) is 70.6 Å². The van der Waals surface area contributed by atoms with Gasteiger partial charge in [0.2, 0.25) is 0 Å². The Morgan fingerprint density at radius 3 is 1.20 bits per heavy atom. The Hall–Kier alpha value is 1.06. The van der Waals surface area contributed by atoms with Gasteiger partial charge in [0.15, 0.2) is 0 Å². The predicted octanol–water partition coefficient (Wildman–Crippen LogP) is -3.74. The normalized spacial score (nSPS) is 4.40. The van der Waals surface area contributed by atoms with Crippen molar-refractivity contribution in [2.24, 2.45) is 0 Å². The molecule has 0 aliphatic heterocycles. The molecule has 0 aliphatic rings. The van der Waals surface area contributed by atoms with E-state index in [2.05, 4.69) is 0 Å². The first-order valence-electron chi connectivity index (χ1n) is 1.11. The van der Waals surface area contributed by atoms with Crippen LogP contribution in [0.4, 0.5) is 0 Å². The van der Waals surface area contributed by atoms with E-state index in [9.17, 15) is 0 Å². The second-order valence-electron chi connectivity index (χ2n) is 0.610. The van der Waals surface area contributed by atoms with E-state index < -0.39 is 11.9 Å². The molecule has 0 aliphatic carbocycles. The molecule has 0 rings (SSSR count). The maximum atomic E-state index is 9.10. The number of rotatable bonds is 0. The van der Waals surface area contributed by atoms with E-state index in [1.807, 2.05) is 0 Å². The van der Waals surface area contributed by atoms with Crippen LogP contribution in [0, 0.1) is 0 Å². The zero-order valence-electron chi connectivity index (χ0n) is 5.74. The molecule has 10 heavy (non-hydrogen) atoms. The predicted molar refractivity (Wildman–Crippen MR) is 16.4 cm³/mol. The number of carboxylic acid groups (broad SMARTS) is 2. The molecule has 0 spiro atoms. The molecule has 2 radical (unpaired) electrons. The van der Waals surface area contributed by atoms with Gasteiger partial charge in [0.05, 0.1) is 0 Å². The fraction of sp³-hybridized carbons (Fsp3) is 0. The molecule has 4 nitrogen and oxygen atoms in total. The third kappa shape index (κ3) is 23.0. The number of hydrogen-bond acceptors (Lipinski definition) is 2. The molecular formula is C2H3CoLiMnNiO4. The first kappa shape index (κ1) is 30.5. The van der Waals surface area contributed by atoms with Crippen LogP contribution >= 0.6 is 0 Å². The first-order chi connectivity index (χ1) is 2.64. The minimum absolute atomic E-state index is 0. The van der Waals surface area contributed by atoms with Crippen molar-refractivity contribution >= 4 is 11.9 Å². The largest absolute Gasteiger partial charge is 1.00 e. The van der Waals surface area contributed by atoms with E-state index in [4.69, 9.17) is 19.8 Å². The Balaban J connectivity index is -0.0000000125. The SMILES string of the molecule is O=C(O)C(=O)O.[Co].[H-].[Li+].[Mn].[Ni]. The summed E-state index contributed by atoms with van der Waals surface area (Å²) in [6, 6.07) is 0. The van der Waals surface area contributed by atoms with Gasteiger partial charge in [0.1, 0.15) is 0 Å². The monoisotopic (exact) mass is 270 g/mol. The van der Waals surface area contributed by atoms with Crippen LogP contribution in [0.25, 0.3) is 0 Å². The maximum Gasteiger partial charge on any atom is 1.00 e. The van der Waals surface area contributed by atoms with Crippen molar-refractivity contribution in [3.63, 3.8) is 0 Å². The average Bonchev–Trinajstić information content (AvgIpc) is 1.36. The summed E-state index contributed by atoms with van der Waals surface area (Å²) in [4.78, 5) is 18.2. The Morgan fingerprint density at radius 1 is 1.10 bits per heavy atom. The molecule has 0 saturated carbocycles. The average molecular weight is 271 g/mol. The summed E-state index contributed by atoms with van der Waals surface area (Å²) >= 11 is 0. The third-order valence-electron chi connectivity index (χ3n) is 0.183. The van der Waals surface area contributed by atoms with Gasteiger partial charge in [0.25, 0.3) is 0 Å². The molecule has 0 amide bonds. The van der Waals surface area contributed by atoms with E-state index in [1.54, 1.807) is 0 Å². The second-order valence-corrected chi connectivity index (χ2v) is 0.610. The molecule has 0 unspecified atom stereocenters. The first-order valence-corrected chi connectivity index (χ1v) is 1.11. The van der Waals surface area contributed by atoms with Crippen LogP contribution < -0.4 is 18.9 Å². The summed E-state index contributed by atoms with van der Waals surface area (Å²) < 4.78 is 0. The van der Waals surface area contributed by atoms with E-state index in [0.29, 0.717) is 0 Å². The summed E-state index contributed by atoms with van der Waals surface area (Å²) in [6.07, 6.45) is 0. The van der Waals surface area contributed by atoms with Gasteiger partial charge in [-0.2, -0.15) is 0 Å². The van der Waals surface area contributed by atoms with Crippen LogP contribution in [0.2, 0.25) is 0 Å². The van der Waals surface area contributed by atoms with Crippen LogP contribution in [0.15, 0.2) is 0 Å². The van der Waals surface area contributed by atoms with Crippen molar-refractivity contribution in [1.29, 1.82) is 0 Å². The van der Waals surface area contributed by atoms with E-state index >= 15 is 0 Å². The van der Waals surface area contributed by atoms with Crippen LogP contribution in [0.3, 0.4) is 0 Å². The van der Waals surface area contributed by atoms with Crippen molar-refractivity contribution in [2.75, 3.05) is 0 Å². The molecule has 2 N–H and O–H groups in total. The van der Waals surface area contributed by atoms with Crippen molar-refractivity contribution in [2.45, 2.75) is 0 Å². The molecule has 0 heterocycles. The van der Waals surface area contributed by atoms with Gasteiger partial charge in [-0.3, -0.25) is 0 Å². The van der Waals surface area contributed by atoms with Crippen molar-refractivity contribution < 1.29 is 90.4 Å². The molecule has 0 atom stereocenters. The summed E-state index contributed by atoms with van der Waals surface area (Å²) in [6.45, 7) is 0. The minimum atomic E-state index is -1.82. The zero-order valence-corrected chi connectivity index (χ0v) is 7.95. The molecule has 0 bridgehead atoms. The third-order valence-corrected chi connectivity index (χ3v) is 0.183. The Labute approximate surface area is 102 Å². The van der Waals surface area contributed by atoms with E-state index in [1.165, 1.54) is 0 Å². The quantitative estimate of drug-likeness (QED) is 0.351. The van der Waals surface area contributed by atoms with Gasteiger partial charge in [-0.25, -0.2) is 9.59 Å². The molecule has 0 fully saturated rings. The fourth-order valence-electron chi connectivity index (χ4n) is 0. The van der Waals surface area contributed by atoms with Gasteiger partial charge in [-0.1, -0.05) is 0 Å². The number of hydrogen-bond donors (Lipinski definition) is 2. The molecular weight excluding hydrogens is 268 g/mol. The van der Waals surface area contributed by atoms with Crippen LogP contribution in [0.1, 0.15) is 1.43 Å². The van der Waals surface area contributed by atoms with E-state index in [0.717, 1.165) is 0 Å². The van der Waals surface area contributed by atoms with Gasteiger partial charge in [0, 0.05) is 50.3 Å². The molecule has 0 aromatic heterocycles. The molecule has 0 aromatic rings.